The molecule has 1 unspecified atom stereocenters. The van der Waals surface area contributed by atoms with E-state index in [1.165, 1.54) is 18.5 Å². The number of rotatable bonds is 8. The van der Waals surface area contributed by atoms with Crippen LogP contribution in [-0.4, -0.2) is 40.4 Å². The number of halogens is 1. The second-order valence-electron chi connectivity index (χ2n) is 8.43. The van der Waals surface area contributed by atoms with Crippen LogP contribution in [-0.2, 0) is 20.6 Å². The lowest BCUT2D eigenvalue weighted by atomic mass is 10.0. The van der Waals surface area contributed by atoms with Gasteiger partial charge in [0.15, 0.2) is 11.6 Å². The number of carbonyl (C=O) groups excluding carboxylic acids is 1. The normalized spacial score (nSPS) is 11.8. The van der Waals surface area contributed by atoms with Crippen LogP contribution in [0.1, 0.15) is 33.4 Å². The van der Waals surface area contributed by atoms with E-state index in [0.717, 1.165) is 16.8 Å². The molecule has 0 spiro atoms. The molecule has 0 aliphatic carbocycles. The Morgan fingerprint density at radius 2 is 1.89 bits per heavy atom. The summed E-state index contributed by atoms with van der Waals surface area (Å²) in [6.45, 7) is 0.396. The van der Waals surface area contributed by atoms with E-state index in [-0.39, 0.29) is 11.7 Å². The van der Waals surface area contributed by atoms with Crippen LogP contribution in [0, 0.1) is 5.82 Å². The van der Waals surface area contributed by atoms with Crippen LogP contribution in [0.2, 0.25) is 0 Å². The minimum atomic E-state index is -0.489. The molecule has 2 N–H and O–H groups in total. The lowest BCUT2D eigenvalue weighted by molar-refractivity contribution is 0.0943. The summed E-state index contributed by atoms with van der Waals surface area (Å²) in [5.41, 5.74) is 3.44. The van der Waals surface area contributed by atoms with Crippen molar-refractivity contribution in [3.8, 4) is 11.5 Å². The van der Waals surface area contributed by atoms with Crippen molar-refractivity contribution in [1.29, 1.82) is 0 Å². The van der Waals surface area contributed by atoms with Crippen LogP contribution in [0.5, 0.6) is 0 Å². The minimum Gasteiger partial charge on any atom is -0.378 e. The van der Waals surface area contributed by atoms with Crippen molar-refractivity contribution in [2.24, 2.45) is 14.1 Å². The molecule has 37 heavy (non-hydrogen) atoms. The number of nitrogens with one attached hydrogen (secondary N) is 2. The zero-order valence-electron chi connectivity index (χ0n) is 20.2. The summed E-state index contributed by atoms with van der Waals surface area (Å²) >= 11 is 0. The number of carbonyl (C=O) groups is 1. The number of nitrogens with zero attached hydrogens (tertiary/aromatic N) is 7. The van der Waals surface area contributed by atoms with Gasteiger partial charge in [-0.1, -0.05) is 18.2 Å². The average molecular weight is 498 g/mol. The zero-order chi connectivity index (χ0) is 25.8. The molecule has 0 fully saturated rings. The van der Waals surface area contributed by atoms with Crippen molar-refractivity contribution in [2.75, 3.05) is 5.32 Å². The predicted molar refractivity (Wildman–Crippen MR) is 135 cm³/mol. The van der Waals surface area contributed by atoms with E-state index in [0.29, 0.717) is 29.5 Å². The summed E-state index contributed by atoms with van der Waals surface area (Å²) in [5.74, 6) is 0.725. The monoisotopic (exact) mass is 497 g/mol. The molecule has 1 amide bonds. The smallest absolute Gasteiger partial charge is 0.252 e. The molecular formula is C26H24FN9O. The largest absolute Gasteiger partial charge is 0.378 e. The third kappa shape index (κ3) is 5.35. The number of aryl methyl sites for hydroxylation is 1. The van der Waals surface area contributed by atoms with Crippen molar-refractivity contribution in [1.82, 2.24) is 39.8 Å². The lowest BCUT2D eigenvalue weighted by Crippen LogP contribution is -2.29. The van der Waals surface area contributed by atoms with Gasteiger partial charge in [-0.15, -0.1) is 10.2 Å². The number of aromatic nitrogens is 7. The maximum absolute atomic E-state index is 13.5. The third-order valence-corrected chi connectivity index (χ3v) is 5.89. The summed E-state index contributed by atoms with van der Waals surface area (Å²) in [4.78, 5) is 21.4. The highest BCUT2D eigenvalue weighted by atomic mass is 19.1. The Hall–Kier alpha value is -4.93. The Morgan fingerprint density at radius 3 is 2.62 bits per heavy atom. The van der Waals surface area contributed by atoms with Gasteiger partial charge in [0.1, 0.15) is 17.8 Å². The molecule has 0 saturated carbocycles. The number of amides is 1. The molecule has 0 radical (unpaired) electrons. The second-order valence-corrected chi connectivity index (χ2v) is 8.43. The van der Waals surface area contributed by atoms with Crippen LogP contribution in [0.15, 0.2) is 79.5 Å². The van der Waals surface area contributed by atoms with Gasteiger partial charge in [-0.3, -0.25) is 9.48 Å². The molecule has 0 aliphatic rings. The van der Waals surface area contributed by atoms with Gasteiger partial charge in [0.25, 0.3) is 5.91 Å². The van der Waals surface area contributed by atoms with Gasteiger partial charge < -0.3 is 15.2 Å². The SMILES string of the molecule is Cn1cc(C(NC(=O)c2cccc(NCc3nnc(-c4ccncn4)n3C)c2)c2ccc(F)cc2)cn1. The van der Waals surface area contributed by atoms with Crippen molar-refractivity contribution >= 4 is 11.6 Å². The molecular weight excluding hydrogens is 473 g/mol. The van der Waals surface area contributed by atoms with Crippen molar-refractivity contribution < 1.29 is 9.18 Å². The summed E-state index contributed by atoms with van der Waals surface area (Å²) in [6, 6.07) is 14.5. The van der Waals surface area contributed by atoms with E-state index < -0.39 is 6.04 Å². The molecule has 0 aliphatic heterocycles. The fraction of sp³-hybridized carbons (Fsp3) is 0.154. The van der Waals surface area contributed by atoms with Crippen LogP contribution >= 0.6 is 0 Å². The summed E-state index contributed by atoms with van der Waals surface area (Å²) < 4.78 is 17.0. The van der Waals surface area contributed by atoms with Crippen LogP contribution in [0.4, 0.5) is 10.1 Å². The Balaban J connectivity index is 1.31. The predicted octanol–water partition coefficient (Wildman–Crippen LogP) is 3.28. The fourth-order valence-corrected chi connectivity index (χ4v) is 3.93. The molecule has 5 rings (SSSR count). The lowest BCUT2D eigenvalue weighted by Gasteiger charge is -2.18. The number of benzene rings is 2. The van der Waals surface area contributed by atoms with Crippen molar-refractivity contribution in [2.45, 2.75) is 12.6 Å². The Kier molecular flexibility index (Phi) is 6.66. The van der Waals surface area contributed by atoms with Gasteiger partial charge >= 0.3 is 0 Å². The standard InChI is InChI=1S/C26H24FN9O/c1-35-15-19(13-31-35)24(17-6-8-20(27)9-7-17)32-26(37)18-4-3-5-21(12-18)29-14-23-33-34-25(36(23)2)22-10-11-28-16-30-22/h3-13,15-16,24,29H,14H2,1-2H3,(H,32,37). The highest BCUT2D eigenvalue weighted by Gasteiger charge is 2.20. The van der Waals surface area contributed by atoms with Gasteiger partial charge in [-0.25, -0.2) is 14.4 Å². The van der Waals surface area contributed by atoms with E-state index in [1.807, 2.05) is 23.9 Å². The van der Waals surface area contributed by atoms with Crippen LogP contribution in [0.3, 0.4) is 0 Å². The van der Waals surface area contributed by atoms with Crippen molar-refractivity contribution in [3.05, 3.63) is 108 Å². The first-order valence-electron chi connectivity index (χ1n) is 11.5. The van der Waals surface area contributed by atoms with Crippen LogP contribution < -0.4 is 10.6 Å². The molecule has 0 saturated heterocycles. The first-order chi connectivity index (χ1) is 18.0. The molecule has 3 aromatic heterocycles. The molecule has 0 bridgehead atoms. The molecule has 3 heterocycles. The maximum Gasteiger partial charge on any atom is 0.252 e. The van der Waals surface area contributed by atoms with Gasteiger partial charge in [0, 0.05) is 43.3 Å². The molecule has 1 atom stereocenters. The topological polar surface area (TPSA) is 115 Å². The Morgan fingerprint density at radius 1 is 1.05 bits per heavy atom. The van der Waals surface area contributed by atoms with Gasteiger partial charge in [-0.2, -0.15) is 5.10 Å². The summed E-state index contributed by atoms with van der Waals surface area (Å²) in [6.07, 6.45) is 6.62. The first-order valence-corrected chi connectivity index (χ1v) is 11.5. The van der Waals surface area contributed by atoms with E-state index in [9.17, 15) is 9.18 Å². The molecule has 2 aromatic carbocycles. The fourth-order valence-electron chi connectivity index (χ4n) is 3.93. The second kappa shape index (κ2) is 10.4. The Labute approximate surface area is 212 Å². The van der Waals surface area contributed by atoms with Gasteiger partial charge in [0.05, 0.1) is 18.8 Å². The van der Waals surface area contributed by atoms with Crippen LogP contribution in [0.25, 0.3) is 11.5 Å². The zero-order valence-corrected chi connectivity index (χ0v) is 20.2. The maximum atomic E-state index is 13.5. The Bertz CT molecular complexity index is 1510. The summed E-state index contributed by atoms with van der Waals surface area (Å²) in [5, 5.41) is 19.0. The van der Waals surface area contributed by atoms with E-state index in [4.69, 9.17) is 0 Å². The third-order valence-electron chi connectivity index (χ3n) is 5.89. The molecule has 10 nitrogen and oxygen atoms in total. The highest BCUT2D eigenvalue weighted by Crippen LogP contribution is 2.23. The molecule has 186 valence electrons. The average Bonchev–Trinajstić information content (AvgIpc) is 3.52. The number of anilines is 1. The molecule has 5 aromatic rings. The van der Waals surface area contributed by atoms with Gasteiger partial charge in [-0.05, 0) is 42.0 Å². The minimum absolute atomic E-state index is 0.272. The van der Waals surface area contributed by atoms with Crippen molar-refractivity contribution in [3.63, 3.8) is 0 Å². The number of hydrogen-bond acceptors (Lipinski definition) is 7. The van der Waals surface area contributed by atoms with E-state index in [1.54, 1.807) is 60.5 Å². The number of hydrogen-bond donors (Lipinski definition) is 2. The first kappa shape index (κ1) is 23.8. The van der Waals surface area contributed by atoms with Gasteiger partial charge in [0.2, 0.25) is 0 Å². The summed E-state index contributed by atoms with van der Waals surface area (Å²) in [7, 11) is 3.67. The van der Waals surface area contributed by atoms with E-state index in [2.05, 4.69) is 35.9 Å². The quantitative estimate of drug-likeness (QED) is 0.338. The molecule has 11 heteroatoms. The highest BCUT2D eigenvalue weighted by molar-refractivity contribution is 5.95. The van der Waals surface area contributed by atoms with E-state index >= 15 is 0 Å².